The molecule has 0 radical (unpaired) electrons. The molecule has 1 aliphatic rings. The molecule has 1 aromatic rings. The molecule has 2 atom stereocenters. The Morgan fingerprint density at radius 3 is 3.00 bits per heavy atom. The molecular weight excluding hydrogens is 327 g/mol. The maximum Gasteiger partial charge on any atom is 0.317 e. The summed E-state index contributed by atoms with van der Waals surface area (Å²) in [7, 11) is 0. The van der Waals surface area contributed by atoms with Crippen LogP contribution in [0.2, 0.25) is 10.0 Å². The van der Waals surface area contributed by atoms with Gasteiger partial charge in [0.15, 0.2) is 0 Å². The topological polar surface area (TPSA) is 61.8 Å². The highest BCUT2D eigenvalue weighted by Crippen LogP contribution is 2.22. The van der Waals surface area contributed by atoms with Crippen molar-refractivity contribution < 1.29 is 14.6 Å². The largest absolute Gasteiger partial charge is 0.394 e. The second kappa shape index (κ2) is 8.02. The van der Waals surface area contributed by atoms with Gasteiger partial charge in [-0.3, -0.25) is 0 Å². The Hall–Kier alpha value is -1.01. The van der Waals surface area contributed by atoms with Gasteiger partial charge in [0.2, 0.25) is 0 Å². The number of urea groups is 1. The summed E-state index contributed by atoms with van der Waals surface area (Å²) in [5.41, 5.74) is 0.939. The smallest absolute Gasteiger partial charge is 0.317 e. The molecule has 2 N–H and O–H groups in total. The first kappa shape index (κ1) is 17.3. The van der Waals surface area contributed by atoms with E-state index in [1.54, 1.807) is 17.0 Å². The standard InChI is InChI=1S/C15H20Cl2N2O3/c1-10(6-11-2-3-12(16)7-14(11)17)18-15(21)19-4-5-22-13(8-19)9-20/h2-3,7,10,13,20H,4-6,8-9H2,1H3,(H,18,21)/t10-,13-/m1/s1. The summed E-state index contributed by atoms with van der Waals surface area (Å²) in [6.45, 7) is 3.20. The van der Waals surface area contributed by atoms with E-state index < -0.39 is 0 Å². The lowest BCUT2D eigenvalue weighted by Gasteiger charge is -2.33. The van der Waals surface area contributed by atoms with Gasteiger partial charge in [0.1, 0.15) is 0 Å². The Balaban J connectivity index is 1.88. The number of carbonyl (C=O) groups is 1. The van der Waals surface area contributed by atoms with E-state index in [9.17, 15) is 4.79 Å². The van der Waals surface area contributed by atoms with E-state index in [2.05, 4.69) is 5.32 Å². The van der Waals surface area contributed by atoms with Crippen LogP contribution in [0, 0.1) is 0 Å². The predicted molar refractivity (Wildman–Crippen MR) is 86.6 cm³/mol. The van der Waals surface area contributed by atoms with Crippen molar-refractivity contribution in [2.24, 2.45) is 0 Å². The number of aliphatic hydroxyl groups excluding tert-OH is 1. The molecule has 0 unspecified atom stereocenters. The van der Waals surface area contributed by atoms with E-state index in [0.717, 1.165) is 5.56 Å². The highest BCUT2D eigenvalue weighted by atomic mass is 35.5. The molecule has 1 heterocycles. The van der Waals surface area contributed by atoms with Crippen LogP contribution in [0.15, 0.2) is 18.2 Å². The van der Waals surface area contributed by atoms with Gasteiger partial charge in [-0.2, -0.15) is 0 Å². The number of aliphatic hydroxyl groups is 1. The van der Waals surface area contributed by atoms with Crippen LogP contribution < -0.4 is 5.32 Å². The lowest BCUT2D eigenvalue weighted by atomic mass is 10.1. The van der Waals surface area contributed by atoms with Crippen molar-refractivity contribution in [2.75, 3.05) is 26.3 Å². The summed E-state index contributed by atoms with van der Waals surface area (Å²) in [6, 6.07) is 5.12. The third-order valence-electron chi connectivity index (χ3n) is 3.54. The zero-order valence-corrected chi connectivity index (χ0v) is 13.9. The number of morpholine rings is 1. The number of carbonyl (C=O) groups excluding carboxylic acids is 1. The molecule has 122 valence electrons. The molecule has 0 aliphatic carbocycles. The fourth-order valence-electron chi connectivity index (χ4n) is 2.38. The Morgan fingerprint density at radius 2 is 2.32 bits per heavy atom. The van der Waals surface area contributed by atoms with Crippen LogP contribution >= 0.6 is 23.2 Å². The lowest BCUT2D eigenvalue weighted by Crippen LogP contribution is -2.52. The van der Waals surface area contributed by atoms with Crippen LogP contribution in [0.5, 0.6) is 0 Å². The lowest BCUT2D eigenvalue weighted by molar-refractivity contribution is -0.0404. The summed E-state index contributed by atoms with van der Waals surface area (Å²) >= 11 is 12.0. The van der Waals surface area contributed by atoms with Gasteiger partial charge >= 0.3 is 6.03 Å². The Labute approximate surface area is 140 Å². The molecule has 1 saturated heterocycles. The molecule has 2 amide bonds. The molecular formula is C15H20Cl2N2O3. The van der Waals surface area contributed by atoms with Crippen LogP contribution in [0.4, 0.5) is 4.79 Å². The highest BCUT2D eigenvalue weighted by Gasteiger charge is 2.24. The van der Waals surface area contributed by atoms with Gasteiger partial charge in [-0.05, 0) is 31.0 Å². The number of ether oxygens (including phenoxy) is 1. The molecule has 2 rings (SSSR count). The minimum atomic E-state index is -0.305. The van der Waals surface area contributed by atoms with Gasteiger partial charge in [-0.15, -0.1) is 0 Å². The first-order valence-electron chi connectivity index (χ1n) is 7.21. The van der Waals surface area contributed by atoms with Crippen molar-refractivity contribution in [3.63, 3.8) is 0 Å². The van der Waals surface area contributed by atoms with Crippen molar-refractivity contribution >= 4 is 29.2 Å². The number of halogens is 2. The summed E-state index contributed by atoms with van der Waals surface area (Å²) in [5.74, 6) is 0. The van der Waals surface area contributed by atoms with Gasteiger partial charge in [0.25, 0.3) is 0 Å². The number of hydrogen-bond donors (Lipinski definition) is 2. The van der Waals surface area contributed by atoms with E-state index >= 15 is 0 Å². The average molecular weight is 347 g/mol. The van der Waals surface area contributed by atoms with E-state index in [4.69, 9.17) is 33.0 Å². The number of benzene rings is 1. The second-order valence-electron chi connectivity index (χ2n) is 5.41. The maximum absolute atomic E-state index is 12.2. The zero-order valence-electron chi connectivity index (χ0n) is 12.4. The number of nitrogens with zero attached hydrogens (tertiary/aromatic N) is 1. The van der Waals surface area contributed by atoms with Gasteiger partial charge in [0, 0.05) is 22.6 Å². The molecule has 1 aromatic carbocycles. The number of rotatable bonds is 4. The first-order valence-corrected chi connectivity index (χ1v) is 7.97. The third-order valence-corrected chi connectivity index (χ3v) is 4.13. The minimum absolute atomic E-state index is 0.0680. The summed E-state index contributed by atoms with van der Waals surface area (Å²) < 4.78 is 5.33. The normalized spacial score (nSPS) is 19.8. The van der Waals surface area contributed by atoms with Crippen LogP contribution in [-0.4, -0.2) is 54.5 Å². The summed E-state index contributed by atoms with van der Waals surface area (Å²) in [6.07, 6.45) is 0.315. The van der Waals surface area contributed by atoms with Crippen molar-refractivity contribution in [1.82, 2.24) is 10.2 Å². The SMILES string of the molecule is C[C@H](Cc1ccc(Cl)cc1Cl)NC(=O)N1CCO[C@@H](CO)C1. The van der Waals surface area contributed by atoms with E-state index in [-0.39, 0.29) is 24.8 Å². The molecule has 0 spiro atoms. The molecule has 0 aromatic heterocycles. The number of hydrogen-bond acceptors (Lipinski definition) is 3. The van der Waals surface area contributed by atoms with Crippen molar-refractivity contribution in [1.29, 1.82) is 0 Å². The van der Waals surface area contributed by atoms with Gasteiger partial charge in [0.05, 0.1) is 25.9 Å². The Bertz CT molecular complexity index is 528. The molecule has 0 saturated carbocycles. The Kier molecular flexibility index (Phi) is 6.32. The fourth-order valence-corrected chi connectivity index (χ4v) is 2.87. The quantitative estimate of drug-likeness (QED) is 0.879. The first-order chi connectivity index (χ1) is 10.5. The second-order valence-corrected chi connectivity index (χ2v) is 6.26. The number of amides is 2. The van der Waals surface area contributed by atoms with Gasteiger partial charge in [-0.1, -0.05) is 29.3 Å². The Morgan fingerprint density at radius 1 is 1.55 bits per heavy atom. The molecule has 5 nitrogen and oxygen atoms in total. The zero-order chi connectivity index (χ0) is 16.1. The van der Waals surface area contributed by atoms with Crippen LogP contribution in [-0.2, 0) is 11.2 Å². The highest BCUT2D eigenvalue weighted by molar-refractivity contribution is 6.35. The van der Waals surface area contributed by atoms with E-state index in [0.29, 0.717) is 36.2 Å². The summed E-state index contributed by atoms with van der Waals surface area (Å²) in [5, 5.41) is 13.2. The van der Waals surface area contributed by atoms with Crippen LogP contribution in [0.25, 0.3) is 0 Å². The monoisotopic (exact) mass is 346 g/mol. The molecule has 22 heavy (non-hydrogen) atoms. The molecule has 7 heteroatoms. The third kappa shape index (κ3) is 4.74. The fraction of sp³-hybridized carbons (Fsp3) is 0.533. The number of nitrogens with one attached hydrogen (secondary N) is 1. The van der Waals surface area contributed by atoms with Crippen LogP contribution in [0.3, 0.4) is 0 Å². The average Bonchev–Trinajstić information content (AvgIpc) is 2.50. The molecule has 1 fully saturated rings. The van der Waals surface area contributed by atoms with Gasteiger partial charge < -0.3 is 20.1 Å². The summed E-state index contributed by atoms with van der Waals surface area (Å²) in [4.78, 5) is 13.9. The minimum Gasteiger partial charge on any atom is -0.394 e. The van der Waals surface area contributed by atoms with Crippen LogP contribution in [0.1, 0.15) is 12.5 Å². The molecule has 0 bridgehead atoms. The van der Waals surface area contributed by atoms with Crippen molar-refractivity contribution in [3.05, 3.63) is 33.8 Å². The molecule has 1 aliphatic heterocycles. The van der Waals surface area contributed by atoms with Crippen molar-refractivity contribution in [3.8, 4) is 0 Å². The van der Waals surface area contributed by atoms with E-state index in [1.807, 2.05) is 13.0 Å². The van der Waals surface area contributed by atoms with E-state index in [1.165, 1.54) is 0 Å². The predicted octanol–water partition coefficient (Wildman–Crippen LogP) is 2.33. The van der Waals surface area contributed by atoms with Gasteiger partial charge in [-0.25, -0.2) is 4.79 Å². The van der Waals surface area contributed by atoms with Crippen molar-refractivity contribution in [2.45, 2.75) is 25.5 Å². The maximum atomic E-state index is 12.2.